The summed E-state index contributed by atoms with van der Waals surface area (Å²) >= 11 is 18.0. The lowest BCUT2D eigenvalue weighted by Crippen LogP contribution is -2.54. The Kier molecular flexibility index (Phi) is 6.86. The van der Waals surface area contributed by atoms with Gasteiger partial charge in [-0.15, -0.1) is 0 Å². The number of aromatic hydroxyl groups is 1. The number of nitrogens with one attached hydrogen (secondary N) is 1. The van der Waals surface area contributed by atoms with Crippen LogP contribution in [0.3, 0.4) is 0 Å². The summed E-state index contributed by atoms with van der Waals surface area (Å²) in [6.07, 6.45) is 1.40. The molecule has 0 aliphatic carbocycles. The Morgan fingerprint density at radius 1 is 1.27 bits per heavy atom. The van der Waals surface area contributed by atoms with Gasteiger partial charge in [0.2, 0.25) is 0 Å². The van der Waals surface area contributed by atoms with Crippen LogP contribution in [-0.4, -0.2) is 28.6 Å². The summed E-state index contributed by atoms with van der Waals surface area (Å²) in [5.41, 5.74) is 1.60. The average Bonchev–Trinajstić information content (AvgIpc) is 2.69. The first kappa shape index (κ1) is 22.7. The summed E-state index contributed by atoms with van der Waals surface area (Å²) < 4.78 is 6.21. The molecule has 3 rings (SSSR count). The predicted molar refractivity (Wildman–Crippen MR) is 127 cm³/mol. The van der Waals surface area contributed by atoms with Crippen molar-refractivity contribution in [2.75, 3.05) is 11.5 Å². The Labute approximate surface area is 200 Å². The van der Waals surface area contributed by atoms with E-state index in [1.54, 1.807) is 25.1 Å². The number of nitrogens with zero attached hydrogens (tertiary/aromatic N) is 1. The molecule has 2 aromatic rings. The van der Waals surface area contributed by atoms with E-state index in [1.165, 1.54) is 17.0 Å². The van der Waals surface area contributed by atoms with Crippen LogP contribution < -0.4 is 15.0 Å². The van der Waals surface area contributed by atoms with Crippen LogP contribution in [0.5, 0.6) is 11.5 Å². The third-order valence-electron chi connectivity index (χ3n) is 4.29. The first-order valence-electron chi connectivity index (χ1n) is 8.67. The van der Waals surface area contributed by atoms with E-state index >= 15 is 0 Å². The normalized spacial score (nSPS) is 15.6. The zero-order valence-electron chi connectivity index (χ0n) is 15.8. The molecule has 1 aliphatic heterocycles. The van der Waals surface area contributed by atoms with Crippen molar-refractivity contribution in [1.82, 2.24) is 5.32 Å². The highest BCUT2D eigenvalue weighted by molar-refractivity contribution is 9.13. The number of ether oxygens (including phenoxy) is 1. The van der Waals surface area contributed by atoms with Crippen molar-refractivity contribution in [2.24, 2.45) is 0 Å². The van der Waals surface area contributed by atoms with Crippen LogP contribution in [0.15, 0.2) is 38.8 Å². The highest BCUT2D eigenvalue weighted by Crippen LogP contribution is 2.42. The molecule has 2 aromatic carbocycles. The quantitative estimate of drug-likeness (QED) is 0.302. The first-order chi connectivity index (χ1) is 14.1. The Balaban J connectivity index is 2.10. The minimum atomic E-state index is -0.631. The van der Waals surface area contributed by atoms with E-state index < -0.39 is 11.8 Å². The lowest BCUT2D eigenvalue weighted by atomic mass is 10.1. The number of phenols is 1. The molecule has 156 valence electrons. The van der Waals surface area contributed by atoms with Crippen LogP contribution in [0, 0.1) is 6.92 Å². The summed E-state index contributed by atoms with van der Waals surface area (Å²) in [5.74, 6) is -1.12. The molecule has 1 aliphatic rings. The van der Waals surface area contributed by atoms with Crippen molar-refractivity contribution in [3.63, 3.8) is 0 Å². The van der Waals surface area contributed by atoms with Crippen molar-refractivity contribution in [3.8, 4) is 11.5 Å². The third-order valence-corrected chi connectivity index (χ3v) is 7.14. The number of thiocarbonyl (C=S) groups is 1. The summed E-state index contributed by atoms with van der Waals surface area (Å²) in [4.78, 5) is 26.9. The van der Waals surface area contributed by atoms with Crippen LogP contribution >= 0.6 is 55.7 Å². The number of benzene rings is 2. The van der Waals surface area contributed by atoms with Gasteiger partial charge < -0.3 is 9.84 Å². The molecule has 2 amide bonds. The summed E-state index contributed by atoms with van der Waals surface area (Å²) in [6, 6.07) is 6.59. The van der Waals surface area contributed by atoms with Crippen LogP contribution in [0.25, 0.3) is 6.08 Å². The van der Waals surface area contributed by atoms with Crippen LogP contribution in [0.1, 0.15) is 18.1 Å². The largest absolute Gasteiger partial charge is 0.503 e. The maximum atomic E-state index is 13.2. The second-order valence-electron chi connectivity index (χ2n) is 6.26. The lowest BCUT2D eigenvalue weighted by molar-refractivity contribution is -0.122. The molecule has 1 saturated heterocycles. The smallest absolute Gasteiger partial charge is 0.270 e. The number of anilines is 1. The molecule has 0 radical (unpaired) electrons. The number of carbonyl (C=O) groups excluding carboxylic acids is 2. The molecule has 0 spiro atoms. The van der Waals surface area contributed by atoms with Gasteiger partial charge in [-0.05, 0) is 93.3 Å². The number of aryl methyl sites for hydroxylation is 1. The van der Waals surface area contributed by atoms with Gasteiger partial charge in [0, 0.05) is 9.50 Å². The van der Waals surface area contributed by atoms with Gasteiger partial charge in [-0.25, -0.2) is 0 Å². The average molecular weight is 575 g/mol. The Morgan fingerprint density at radius 3 is 2.60 bits per heavy atom. The number of hydrogen-bond acceptors (Lipinski definition) is 5. The standard InChI is InChI=1S/C20H15Br2ClN2O4S/c1-3-29-14-7-10(15(21)16(22)17(14)26)6-12-18(27)24-20(30)25(19(12)28)11-5-4-9(2)13(23)8-11/h4-8,26H,3H2,1-2H3,(H,24,27,30)/b12-6+. The molecule has 0 aromatic heterocycles. The van der Waals surface area contributed by atoms with E-state index in [4.69, 9.17) is 28.6 Å². The molecule has 0 unspecified atom stereocenters. The van der Waals surface area contributed by atoms with Crippen LogP contribution in [0.4, 0.5) is 5.69 Å². The number of amides is 2. The highest BCUT2D eigenvalue weighted by atomic mass is 79.9. The number of carbonyl (C=O) groups is 2. The van der Waals surface area contributed by atoms with E-state index in [0.29, 0.717) is 31.8 Å². The molecular weight excluding hydrogens is 560 g/mol. The Hall–Kier alpha value is -1.94. The predicted octanol–water partition coefficient (Wildman–Crippen LogP) is 5.11. The number of rotatable bonds is 4. The monoisotopic (exact) mass is 572 g/mol. The minimum Gasteiger partial charge on any atom is -0.503 e. The second-order valence-corrected chi connectivity index (χ2v) is 8.64. The highest BCUT2D eigenvalue weighted by Gasteiger charge is 2.35. The van der Waals surface area contributed by atoms with Gasteiger partial charge in [0.05, 0.1) is 16.8 Å². The summed E-state index contributed by atoms with van der Waals surface area (Å²) in [7, 11) is 0. The number of halogens is 3. The van der Waals surface area contributed by atoms with Gasteiger partial charge >= 0.3 is 0 Å². The fourth-order valence-electron chi connectivity index (χ4n) is 2.75. The van der Waals surface area contributed by atoms with Gasteiger partial charge in [-0.1, -0.05) is 17.7 Å². The van der Waals surface area contributed by atoms with Gasteiger partial charge in [-0.2, -0.15) is 0 Å². The molecular formula is C20H15Br2ClN2O4S. The molecule has 1 fully saturated rings. The molecule has 10 heteroatoms. The van der Waals surface area contributed by atoms with Gasteiger partial charge in [0.1, 0.15) is 5.57 Å². The SMILES string of the molecule is CCOc1cc(/C=C2\C(=O)NC(=S)N(c3ccc(C)c(Cl)c3)C2=O)c(Br)c(Br)c1O. The maximum Gasteiger partial charge on any atom is 0.270 e. The van der Waals surface area contributed by atoms with Crippen molar-refractivity contribution in [1.29, 1.82) is 0 Å². The van der Waals surface area contributed by atoms with Crippen molar-refractivity contribution in [3.05, 3.63) is 54.9 Å². The molecule has 2 N–H and O–H groups in total. The van der Waals surface area contributed by atoms with E-state index in [-0.39, 0.29) is 22.2 Å². The molecule has 6 nitrogen and oxygen atoms in total. The lowest BCUT2D eigenvalue weighted by Gasteiger charge is -2.29. The van der Waals surface area contributed by atoms with Crippen LogP contribution in [0.2, 0.25) is 5.02 Å². The fourth-order valence-corrected chi connectivity index (χ4v) is 4.05. The molecule has 0 bridgehead atoms. The van der Waals surface area contributed by atoms with E-state index in [2.05, 4.69) is 37.2 Å². The Bertz CT molecular complexity index is 1120. The van der Waals surface area contributed by atoms with Gasteiger partial charge in [0.25, 0.3) is 11.8 Å². The summed E-state index contributed by atoms with van der Waals surface area (Å²) in [6.45, 7) is 3.94. The van der Waals surface area contributed by atoms with Crippen molar-refractivity contribution >= 4 is 84.4 Å². The topological polar surface area (TPSA) is 78.9 Å². The molecule has 0 atom stereocenters. The summed E-state index contributed by atoms with van der Waals surface area (Å²) in [5, 5.41) is 13.2. The molecule has 30 heavy (non-hydrogen) atoms. The Morgan fingerprint density at radius 2 is 1.97 bits per heavy atom. The fraction of sp³-hybridized carbons (Fsp3) is 0.150. The second kappa shape index (κ2) is 9.05. The van der Waals surface area contributed by atoms with Gasteiger partial charge in [0.15, 0.2) is 16.6 Å². The zero-order chi connectivity index (χ0) is 22.2. The maximum absolute atomic E-state index is 13.2. The van der Waals surface area contributed by atoms with E-state index in [9.17, 15) is 14.7 Å². The zero-order valence-corrected chi connectivity index (χ0v) is 20.5. The van der Waals surface area contributed by atoms with Crippen molar-refractivity contribution < 1.29 is 19.4 Å². The number of phenolic OH excluding ortho intramolecular Hbond substituents is 1. The third kappa shape index (κ3) is 4.25. The molecule has 0 saturated carbocycles. The first-order valence-corrected chi connectivity index (χ1v) is 11.0. The van der Waals surface area contributed by atoms with Crippen LogP contribution in [-0.2, 0) is 9.59 Å². The minimum absolute atomic E-state index is 0.0389. The number of hydrogen-bond donors (Lipinski definition) is 2. The van der Waals surface area contributed by atoms with Gasteiger partial charge in [-0.3, -0.25) is 19.8 Å². The molecule has 1 heterocycles. The van der Waals surface area contributed by atoms with E-state index in [0.717, 1.165) is 5.56 Å². The van der Waals surface area contributed by atoms with Crippen molar-refractivity contribution in [2.45, 2.75) is 13.8 Å². The van der Waals surface area contributed by atoms with E-state index in [1.807, 2.05) is 6.92 Å².